The number of aliphatic carboxylic acids is 1. The molecule has 0 spiro atoms. The number of amides is 1. The van der Waals surface area contributed by atoms with Crippen molar-refractivity contribution >= 4 is 29.5 Å². The molecule has 3 aromatic carbocycles. The number of carbonyl (C=O) groups excluding carboxylic acids is 3. The van der Waals surface area contributed by atoms with Crippen molar-refractivity contribution in [3.05, 3.63) is 101 Å². The van der Waals surface area contributed by atoms with E-state index in [9.17, 15) is 24.3 Å². The van der Waals surface area contributed by atoms with Gasteiger partial charge in [0, 0.05) is 5.69 Å². The van der Waals surface area contributed by atoms with E-state index in [4.69, 9.17) is 9.47 Å². The van der Waals surface area contributed by atoms with Crippen LogP contribution in [0.3, 0.4) is 0 Å². The number of aryl methyl sites for hydroxylation is 3. The summed E-state index contributed by atoms with van der Waals surface area (Å²) in [6.45, 7) is 5.39. The average Bonchev–Trinajstić information content (AvgIpc) is 2.82. The van der Waals surface area contributed by atoms with Crippen LogP contribution in [-0.2, 0) is 19.1 Å². The highest BCUT2D eigenvalue weighted by atomic mass is 16.6. The van der Waals surface area contributed by atoms with E-state index in [1.165, 1.54) is 24.3 Å². The summed E-state index contributed by atoms with van der Waals surface area (Å²) in [5.41, 5.74) is 3.03. The van der Waals surface area contributed by atoms with E-state index in [-0.39, 0.29) is 11.1 Å². The van der Waals surface area contributed by atoms with Crippen LogP contribution < -0.4 is 5.32 Å². The number of carbonyl (C=O) groups is 4. The van der Waals surface area contributed by atoms with Crippen LogP contribution in [0.15, 0.2) is 72.8 Å². The van der Waals surface area contributed by atoms with E-state index in [1.54, 1.807) is 62.4 Å². The Bertz CT molecular complexity index is 1250. The Morgan fingerprint density at radius 3 is 1.63 bits per heavy atom. The quantitative estimate of drug-likeness (QED) is 0.471. The fourth-order valence-corrected chi connectivity index (χ4v) is 3.26. The minimum Gasteiger partial charge on any atom is -0.478 e. The summed E-state index contributed by atoms with van der Waals surface area (Å²) in [5, 5.41) is 12.3. The second kappa shape index (κ2) is 11.1. The van der Waals surface area contributed by atoms with Gasteiger partial charge < -0.3 is 19.9 Å². The summed E-state index contributed by atoms with van der Waals surface area (Å²) in [7, 11) is 0. The molecule has 35 heavy (non-hydrogen) atoms. The van der Waals surface area contributed by atoms with Crippen LogP contribution in [0.4, 0.5) is 5.69 Å². The van der Waals surface area contributed by atoms with Crippen LogP contribution in [0.1, 0.15) is 37.4 Å². The number of hydrogen-bond acceptors (Lipinski definition) is 6. The summed E-state index contributed by atoms with van der Waals surface area (Å²) in [5.74, 6) is -4.51. The molecule has 1 amide bonds. The second-order valence-electron chi connectivity index (χ2n) is 8.08. The van der Waals surface area contributed by atoms with Crippen LogP contribution in [0.5, 0.6) is 0 Å². The SMILES string of the molecule is Cc1ccc(NC(=O)[C@@H](OC(=O)c2cccc(C)c2)[C@@H](OC(=O)c2cccc(C)c2)C(=O)O)cc1. The molecule has 0 saturated carbocycles. The van der Waals surface area contributed by atoms with Crippen LogP contribution in [0.2, 0.25) is 0 Å². The molecule has 3 rings (SSSR count). The molecule has 0 aromatic heterocycles. The van der Waals surface area contributed by atoms with E-state index < -0.39 is 36.0 Å². The van der Waals surface area contributed by atoms with Gasteiger partial charge in [-0.2, -0.15) is 0 Å². The van der Waals surface area contributed by atoms with Crippen molar-refractivity contribution in [2.75, 3.05) is 5.32 Å². The zero-order valence-corrected chi connectivity index (χ0v) is 19.5. The predicted octanol–water partition coefficient (Wildman–Crippen LogP) is 4.09. The summed E-state index contributed by atoms with van der Waals surface area (Å²) < 4.78 is 10.5. The highest BCUT2D eigenvalue weighted by Gasteiger charge is 2.41. The Balaban J connectivity index is 1.91. The summed E-state index contributed by atoms with van der Waals surface area (Å²) >= 11 is 0. The molecular formula is C27H25NO7. The first kappa shape index (κ1) is 25.2. The first-order chi connectivity index (χ1) is 16.6. The Morgan fingerprint density at radius 1 is 0.686 bits per heavy atom. The molecule has 0 heterocycles. The molecule has 0 aliphatic heterocycles. The molecule has 0 fully saturated rings. The molecule has 180 valence electrons. The van der Waals surface area contributed by atoms with Gasteiger partial charge in [-0.25, -0.2) is 14.4 Å². The number of benzene rings is 3. The van der Waals surface area contributed by atoms with Gasteiger partial charge in [-0.05, 0) is 57.2 Å². The number of hydrogen-bond donors (Lipinski definition) is 2. The van der Waals surface area contributed by atoms with Gasteiger partial charge >= 0.3 is 17.9 Å². The number of ether oxygens (including phenoxy) is 2. The molecule has 0 bridgehead atoms. The van der Waals surface area contributed by atoms with E-state index in [2.05, 4.69) is 5.32 Å². The molecule has 0 radical (unpaired) electrons. The number of anilines is 1. The Kier molecular flexibility index (Phi) is 7.99. The molecule has 2 N–H and O–H groups in total. The standard InChI is InChI=1S/C27H25NO7/c1-16-10-12-21(13-11-16)28-24(29)22(34-26(32)19-8-4-6-17(2)14-19)23(25(30)31)35-27(33)20-9-5-7-18(3)15-20/h4-15,22-23H,1-3H3,(H,28,29)(H,30,31)/t22-,23+/m0/s1. The van der Waals surface area contributed by atoms with E-state index >= 15 is 0 Å². The summed E-state index contributed by atoms with van der Waals surface area (Å²) in [6, 6.07) is 19.4. The molecule has 0 aliphatic rings. The van der Waals surface area contributed by atoms with Crippen molar-refractivity contribution in [2.24, 2.45) is 0 Å². The molecule has 0 unspecified atom stereocenters. The van der Waals surface area contributed by atoms with Crippen molar-refractivity contribution < 1.29 is 33.8 Å². The molecule has 0 aliphatic carbocycles. The van der Waals surface area contributed by atoms with Gasteiger partial charge in [0.1, 0.15) is 0 Å². The Hall–Kier alpha value is -4.46. The molecular weight excluding hydrogens is 450 g/mol. The predicted molar refractivity (Wildman–Crippen MR) is 128 cm³/mol. The maximum Gasteiger partial charge on any atom is 0.349 e. The normalized spacial score (nSPS) is 12.2. The summed E-state index contributed by atoms with van der Waals surface area (Å²) in [4.78, 5) is 50.7. The van der Waals surface area contributed by atoms with Gasteiger partial charge in [0.15, 0.2) is 0 Å². The number of carboxylic acids is 1. The van der Waals surface area contributed by atoms with E-state index in [1.807, 2.05) is 6.92 Å². The van der Waals surface area contributed by atoms with Crippen LogP contribution in [0.25, 0.3) is 0 Å². The highest BCUT2D eigenvalue weighted by Crippen LogP contribution is 2.17. The third kappa shape index (κ3) is 6.77. The van der Waals surface area contributed by atoms with Crippen LogP contribution in [0, 0.1) is 20.8 Å². The highest BCUT2D eigenvalue weighted by molar-refractivity contribution is 6.01. The van der Waals surface area contributed by atoms with Crippen molar-refractivity contribution in [1.29, 1.82) is 0 Å². The lowest BCUT2D eigenvalue weighted by molar-refractivity contribution is -0.157. The van der Waals surface area contributed by atoms with Gasteiger partial charge in [0.2, 0.25) is 12.2 Å². The number of esters is 2. The van der Waals surface area contributed by atoms with E-state index in [0.29, 0.717) is 5.69 Å². The van der Waals surface area contributed by atoms with Crippen LogP contribution in [-0.4, -0.2) is 41.1 Å². The topological polar surface area (TPSA) is 119 Å². The molecule has 2 atom stereocenters. The third-order valence-electron chi connectivity index (χ3n) is 5.07. The Morgan fingerprint density at radius 2 is 1.17 bits per heavy atom. The lowest BCUT2D eigenvalue weighted by atomic mass is 10.1. The lowest BCUT2D eigenvalue weighted by Crippen LogP contribution is -2.48. The van der Waals surface area contributed by atoms with Crippen molar-refractivity contribution in [1.82, 2.24) is 0 Å². The Labute approximate surface area is 202 Å². The zero-order chi connectivity index (χ0) is 25.5. The van der Waals surface area contributed by atoms with Crippen molar-refractivity contribution in [2.45, 2.75) is 33.0 Å². The average molecular weight is 475 g/mol. The van der Waals surface area contributed by atoms with Gasteiger partial charge in [-0.15, -0.1) is 0 Å². The lowest BCUT2D eigenvalue weighted by Gasteiger charge is -2.23. The molecule has 0 saturated heterocycles. The zero-order valence-electron chi connectivity index (χ0n) is 19.5. The van der Waals surface area contributed by atoms with E-state index in [0.717, 1.165) is 16.7 Å². The van der Waals surface area contributed by atoms with Crippen molar-refractivity contribution in [3.63, 3.8) is 0 Å². The first-order valence-corrected chi connectivity index (χ1v) is 10.8. The van der Waals surface area contributed by atoms with Gasteiger partial charge in [-0.3, -0.25) is 4.79 Å². The minimum atomic E-state index is -2.10. The second-order valence-corrected chi connectivity index (χ2v) is 8.08. The van der Waals surface area contributed by atoms with Gasteiger partial charge in [0.05, 0.1) is 11.1 Å². The van der Waals surface area contributed by atoms with Crippen molar-refractivity contribution in [3.8, 4) is 0 Å². The number of carboxylic acid groups (broad SMARTS) is 1. The molecule has 8 heteroatoms. The fourth-order valence-electron chi connectivity index (χ4n) is 3.26. The number of rotatable bonds is 8. The fraction of sp³-hybridized carbons (Fsp3) is 0.185. The summed E-state index contributed by atoms with van der Waals surface area (Å²) in [6.07, 6.45) is -4.06. The van der Waals surface area contributed by atoms with Crippen LogP contribution >= 0.6 is 0 Å². The minimum absolute atomic E-state index is 0.0963. The maximum atomic E-state index is 13.1. The first-order valence-electron chi connectivity index (χ1n) is 10.8. The maximum absolute atomic E-state index is 13.1. The number of nitrogens with one attached hydrogen (secondary N) is 1. The smallest absolute Gasteiger partial charge is 0.349 e. The largest absolute Gasteiger partial charge is 0.478 e. The molecule has 8 nitrogen and oxygen atoms in total. The van der Waals surface area contributed by atoms with Gasteiger partial charge in [0.25, 0.3) is 5.91 Å². The molecule has 3 aromatic rings. The monoisotopic (exact) mass is 475 g/mol. The third-order valence-corrected chi connectivity index (χ3v) is 5.07. The van der Waals surface area contributed by atoms with Gasteiger partial charge in [-0.1, -0.05) is 53.1 Å².